The predicted molar refractivity (Wildman–Crippen MR) is 222 cm³/mol. The van der Waals surface area contributed by atoms with E-state index in [2.05, 4.69) is 164 Å². The fourth-order valence-electron chi connectivity index (χ4n) is 8.57. The molecule has 4 nitrogen and oxygen atoms in total. The summed E-state index contributed by atoms with van der Waals surface area (Å²) in [6.07, 6.45) is 0. The molecule has 0 aliphatic heterocycles. The lowest BCUT2D eigenvalue weighted by atomic mass is 9.82. The van der Waals surface area contributed by atoms with E-state index in [1.165, 1.54) is 33.4 Å². The highest BCUT2D eigenvalue weighted by Crippen LogP contribution is 2.51. The van der Waals surface area contributed by atoms with Crippen molar-refractivity contribution < 1.29 is 8.83 Å². The highest BCUT2D eigenvalue weighted by Gasteiger charge is 2.35. The standard InChI is InChI=1S/C50H34N2O2/c1-50(2)42-17-9-8-15-38(42)39-25-23-36(29-43(39)50)52(35-21-19-32(20-22-35)31-11-4-3-5-12-31)37-24-26-40-46(30-37)53-45-18-10-16-41(48(40)45)49-51-44-27-33-13-6-7-14-34(33)28-47(44)54-49/h3-30H,1-2H3. The van der Waals surface area contributed by atoms with Crippen LogP contribution in [0.1, 0.15) is 25.0 Å². The molecule has 11 rings (SSSR count). The lowest BCUT2D eigenvalue weighted by Gasteiger charge is -2.28. The average molecular weight is 695 g/mol. The van der Waals surface area contributed by atoms with E-state index in [9.17, 15) is 0 Å². The Labute approximate surface area is 312 Å². The van der Waals surface area contributed by atoms with Crippen LogP contribution in [-0.4, -0.2) is 4.98 Å². The highest BCUT2D eigenvalue weighted by atomic mass is 16.3. The van der Waals surface area contributed by atoms with Crippen LogP contribution in [0.4, 0.5) is 17.1 Å². The Kier molecular flexibility index (Phi) is 6.56. The second-order valence-corrected chi connectivity index (χ2v) is 14.8. The molecule has 10 aromatic rings. The molecular formula is C50H34N2O2. The number of anilines is 3. The number of hydrogen-bond donors (Lipinski definition) is 0. The van der Waals surface area contributed by atoms with Crippen molar-refractivity contribution in [1.82, 2.24) is 4.98 Å². The smallest absolute Gasteiger partial charge is 0.228 e. The fourth-order valence-corrected chi connectivity index (χ4v) is 8.57. The summed E-state index contributed by atoms with van der Waals surface area (Å²) < 4.78 is 13.1. The zero-order valence-corrected chi connectivity index (χ0v) is 29.9. The third-order valence-corrected chi connectivity index (χ3v) is 11.3. The molecule has 8 aromatic carbocycles. The van der Waals surface area contributed by atoms with Gasteiger partial charge in [0.25, 0.3) is 0 Å². The summed E-state index contributed by atoms with van der Waals surface area (Å²) in [5.74, 6) is 0.583. The van der Waals surface area contributed by atoms with E-state index in [-0.39, 0.29) is 5.41 Å². The summed E-state index contributed by atoms with van der Waals surface area (Å²) in [4.78, 5) is 7.30. The Morgan fingerprint density at radius 1 is 0.463 bits per heavy atom. The summed E-state index contributed by atoms with van der Waals surface area (Å²) in [6.45, 7) is 4.66. The number of nitrogens with zero attached hydrogens (tertiary/aromatic N) is 2. The minimum Gasteiger partial charge on any atom is -0.456 e. The van der Waals surface area contributed by atoms with Crippen molar-refractivity contribution in [2.75, 3.05) is 4.90 Å². The Hall–Kier alpha value is -6.91. The predicted octanol–water partition coefficient (Wildman–Crippen LogP) is 14.0. The molecule has 2 aromatic heterocycles. The summed E-state index contributed by atoms with van der Waals surface area (Å²) in [7, 11) is 0. The molecule has 2 heterocycles. The molecule has 0 unspecified atom stereocenters. The average Bonchev–Trinajstić information content (AvgIpc) is 3.87. The molecule has 0 saturated heterocycles. The third kappa shape index (κ3) is 4.66. The van der Waals surface area contributed by atoms with Crippen LogP contribution in [0.5, 0.6) is 0 Å². The van der Waals surface area contributed by atoms with Crippen LogP contribution in [0, 0.1) is 0 Å². The molecule has 0 spiro atoms. The fraction of sp³-hybridized carbons (Fsp3) is 0.0600. The number of benzene rings is 8. The van der Waals surface area contributed by atoms with Crippen LogP contribution in [0.15, 0.2) is 179 Å². The molecule has 256 valence electrons. The first-order valence-corrected chi connectivity index (χ1v) is 18.4. The van der Waals surface area contributed by atoms with Crippen LogP contribution < -0.4 is 4.90 Å². The minimum absolute atomic E-state index is 0.124. The van der Waals surface area contributed by atoms with Gasteiger partial charge in [-0.2, -0.15) is 0 Å². The number of rotatable bonds is 5. The van der Waals surface area contributed by atoms with Gasteiger partial charge in [0.2, 0.25) is 5.89 Å². The van der Waals surface area contributed by atoms with E-state index >= 15 is 0 Å². The molecule has 4 heteroatoms. The maximum Gasteiger partial charge on any atom is 0.228 e. The minimum atomic E-state index is -0.124. The van der Waals surface area contributed by atoms with Crippen molar-refractivity contribution in [2.45, 2.75) is 19.3 Å². The van der Waals surface area contributed by atoms with Crippen molar-refractivity contribution in [3.05, 3.63) is 181 Å². The van der Waals surface area contributed by atoms with Crippen LogP contribution >= 0.6 is 0 Å². The largest absolute Gasteiger partial charge is 0.456 e. The zero-order chi connectivity index (χ0) is 36.0. The summed E-state index contributed by atoms with van der Waals surface area (Å²) in [5, 5.41) is 4.27. The molecule has 1 aliphatic rings. The molecule has 0 atom stereocenters. The summed E-state index contributed by atoms with van der Waals surface area (Å²) >= 11 is 0. The molecule has 0 saturated carbocycles. The number of furan rings is 1. The topological polar surface area (TPSA) is 42.4 Å². The van der Waals surface area contributed by atoms with Gasteiger partial charge >= 0.3 is 0 Å². The Morgan fingerprint density at radius 2 is 1.13 bits per heavy atom. The van der Waals surface area contributed by atoms with Gasteiger partial charge < -0.3 is 13.7 Å². The first-order valence-electron chi connectivity index (χ1n) is 18.4. The van der Waals surface area contributed by atoms with Gasteiger partial charge in [0.05, 0.1) is 0 Å². The highest BCUT2D eigenvalue weighted by molar-refractivity contribution is 6.13. The number of hydrogen-bond acceptors (Lipinski definition) is 4. The number of oxazole rings is 1. The lowest BCUT2D eigenvalue weighted by Crippen LogP contribution is -2.16. The zero-order valence-electron chi connectivity index (χ0n) is 29.9. The second-order valence-electron chi connectivity index (χ2n) is 14.8. The second kappa shape index (κ2) is 11.5. The van der Waals surface area contributed by atoms with Gasteiger partial charge in [-0.3, -0.25) is 0 Å². The maximum absolute atomic E-state index is 6.64. The van der Waals surface area contributed by atoms with Crippen molar-refractivity contribution in [3.8, 4) is 33.7 Å². The van der Waals surface area contributed by atoms with Crippen LogP contribution in [-0.2, 0) is 5.41 Å². The molecule has 0 amide bonds. The number of fused-ring (bicyclic) bond motifs is 8. The van der Waals surface area contributed by atoms with Crippen molar-refractivity contribution in [1.29, 1.82) is 0 Å². The van der Waals surface area contributed by atoms with Crippen molar-refractivity contribution in [2.24, 2.45) is 0 Å². The molecule has 54 heavy (non-hydrogen) atoms. The van der Waals surface area contributed by atoms with E-state index in [1.807, 2.05) is 24.3 Å². The lowest BCUT2D eigenvalue weighted by molar-refractivity contribution is 0.620. The molecular weight excluding hydrogens is 661 g/mol. The third-order valence-electron chi connectivity index (χ3n) is 11.3. The first-order chi connectivity index (χ1) is 26.5. The van der Waals surface area contributed by atoms with Gasteiger partial charge in [-0.15, -0.1) is 0 Å². The van der Waals surface area contributed by atoms with Crippen LogP contribution in [0.3, 0.4) is 0 Å². The van der Waals surface area contributed by atoms with E-state index in [0.717, 1.165) is 66.4 Å². The maximum atomic E-state index is 6.64. The first kappa shape index (κ1) is 30.7. The Balaban J connectivity index is 1.06. The van der Waals surface area contributed by atoms with Gasteiger partial charge in [0.1, 0.15) is 16.7 Å². The Bertz CT molecular complexity index is 3030. The normalized spacial score (nSPS) is 13.1. The quantitative estimate of drug-likeness (QED) is 0.180. The van der Waals surface area contributed by atoms with Crippen molar-refractivity contribution in [3.63, 3.8) is 0 Å². The molecule has 0 radical (unpaired) electrons. The molecule has 0 N–H and O–H groups in total. The van der Waals surface area contributed by atoms with Crippen LogP contribution in [0.2, 0.25) is 0 Å². The molecule has 0 fully saturated rings. The van der Waals surface area contributed by atoms with E-state index in [0.29, 0.717) is 5.89 Å². The van der Waals surface area contributed by atoms with Crippen LogP contribution in [0.25, 0.3) is 77.5 Å². The van der Waals surface area contributed by atoms with Gasteiger partial charge in [-0.25, -0.2) is 4.98 Å². The van der Waals surface area contributed by atoms with Gasteiger partial charge in [0.15, 0.2) is 5.58 Å². The summed E-state index contributed by atoms with van der Waals surface area (Å²) in [5.41, 5.74) is 14.8. The summed E-state index contributed by atoms with van der Waals surface area (Å²) in [6, 6.07) is 60.2. The van der Waals surface area contributed by atoms with Gasteiger partial charge in [-0.1, -0.05) is 117 Å². The van der Waals surface area contributed by atoms with E-state index in [1.54, 1.807) is 0 Å². The van der Waals surface area contributed by atoms with E-state index < -0.39 is 0 Å². The van der Waals surface area contributed by atoms with Crippen molar-refractivity contribution >= 4 is 60.9 Å². The SMILES string of the molecule is CC1(C)c2ccccc2-c2ccc(N(c3ccc(-c4ccccc4)cc3)c3ccc4c(c3)oc3cccc(-c5nc6cc7ccccc7cc6o5)c34)cc21. The van der Waals surface area contributed by atoms with Gasteiger partial charge in [-0.05, 0) is 105 Å². The number of aromatic nitrogens is 1. The Morgan fingerprint density at radius 3 is 1.98 bits per heavy atom. The van der Waals surface area contributed by atoms with Gasteiger partial charge in [0, 0.05) is 44.9 Å². The molecule has 0 bridgehead atoms. The molecule has 1 aliphatic carbocycles. The van der Waals surface area contributed by atoms with E-state index in [4.69, 9.17) is 13.8 Å². The monoisotopic (exact) mass is 694 g/mol.